The number of hydrogen-bond donors (Lipinski definition) is 1. The summed E-state index contributed by atoms with van der Waals surface area (Å²) in [6.45, 7) is 1.60. The average molecular weight is 286 g/mol. The van der Waals surface area contributed by atoms with Crippen LogP contribution in [0.25, 0.3) is 15.8 Å². The Morgan fingerprint density at radius 3 is 3.05 bits per heavy atom. The SMILES string of the molecule is N#CC(=CN1CCNC1=S)c1nc2ccccc2s1. The fourth-order valence-corrected chi connectivity index (χ4v) is 3.06. The van der Waals surface area contributed by atoms with Crippen LogP contribution in [-0.2, 0) is 0 Å². The monoisotopic (exact) mass is 286 g/mol. The van der Waals surface area contributed by atoms with Gasteiger partial charge in [0.15, 0.2) is 5.11 Å². The van der Waals surface area contributed by atoms with E-state index >= 15 is 0 Å². The van der Waals surface area contributed by atoms with Crippen molar-refractivity contribution >= 4 is 44.5 Å². The van der Waals surface area contributed by atoms with Crippen LogP contribution in [0.15, 0.2) is 30.5 Å². The molecule has 0 bridgehead atoms. The number of nitriles is 1. The van der Waals surface area contributed by atoms with Gasteiger partial charge in [0.05, 0.1) is 10.2 Å². The van der Waals surface area contributed by atoms with Gasteiger partial charge < -0.3 is 10.2 Å². The molecule has 1 N–H and O–H groups in total. The molecule has 1 aromatic carbocycles. The second-order valence-electron chi connectivity index (χ2n) is 4.07. The van der Waals surface area contributed by atoms with Gasteiger partial charge in [-0.1, -0.05) is 12.1 Å². The zero-order chi connectivity index (χ0) is 13.2. The molecule has 2 aromatic rings. The molecule has 6 heteroatoms. The first-order valence-corrected chi connectivity index (χ1v) is 7.03. The van der Waals surface area contributed by atoms with E-state index in [2.05, 4.69) is 16.4 Å². The van der Waals surface area contributed by atoms with Crippen LogP contribution in [-0.4, -0.2) is 28.1 Å². The third kappa shape index (κ3) is 2.30. The summed E-state index contributed by atoms with van der Waals surface area (Å²) in [7, 11) is 0. The van der Waals surface area contributed by atoms with Gasteiger partial charge in [0.25, 0.3) is 0 Å². The highest BCUT2D eigenvalue weighted by Crippen LogP contribution is 2.27. The van der Waals surface area contributed by atoms with Crippen LogP contribution < -0.4 is 5.32 Å². The summed E-state index contributed by atoms with van der Waals surface area (Å²) in [6, 6.07) is 10.1. The van der Waals surface area contributed by atoms with Crippen LogP contribution >= 0.6 is 23.6 Å². The van der Waals surface area contributed by atoms with Crippen molar-refractivity contribution in [1.29, 1.82) is 5.26 Å². The summed E-state index contributed by atoms with van der Waals surface area (Å²) in [4.78, 5) is 6.36. The summed E-state index contributed by atoms with van der Waals surface area (Å²) >= 11 is 6.69. The van der Waals surface area contributed by atoms with E-state index in [1.807, 2.05) is 29.2 Å². The summed E-state index contributed by atoms with van der Waals surface area (Å²) in [5.74, 6) is 0. The maximum atomic E-state index is 9.31. The van der Waals surface area contributed by atoms with E-state index in [4.69, 9.17) is 12.2 Å². The summed E-state index contributed by atoms with van der Waals surface area (Å²) < 4.78 is 1.08. The first-order valence-electron chi connectivity index (χ1n) is 5.80. The predicted octanol–water partition coefficient (Wildman–Crippen LogP) is 2.35. The molecule has 1 aliphatic heterocycles. The molecule has 1 aliphatic rings. The molecule has 0 saturated carbocycles. The fourth-order valence-electron chi connectivity index (χ4n) is 1.88. The minimum absolute atomic E-state index is 0.548. The molecule has 0 spiro atoms. The van der Waals surface area contributed by atoms with E-state index < -0.39 is 0 Å². The minimum Gasteiger partial charge on any atom is -0.360 e. The number of allylic oxidation sites excluding steroid dienone is 1. The second-order valence-corrected chi connectivity index (χ2v) is 5.48. The average Bonchev–Trinajstić information content (AvgIpc) is 3.02. The van der Waals surface area contributed by atoms with E-state index in [1.165, 1.54) is 11.3 Å². The largest absolute Gasteiger partial charge is 0.360 e. The smallest absolute Gasteiger partial charge is 0.173 e. The number of para-hydroxylation sites is 1. The fraction of sp³-hybridized carbons (Fsp3) is 0.154. The van der Waals surface area contributed by atoms with Crippen LogP contribution in [0, 0.1) is 11.3 Å². The second kappa shape index (κ2) is 4.96. The molecule has 3 rings (SSSR count). The van der Waals surface area contributed by atoms with Gasteiger partial charge in [-0.25, -0.2) is 4.98 Å². The highest BCUT2D eigenvalue weighted by Gasteiger charge is 2.16. The Hall–Kier alpha value is -1.97. The van der Waals surface area contributed by atoms with Crippen molar-refractivity contribution in [2.24, 2.45) is 0 Å². The number of nitrogens with one attached hydrogen (secondary N) is 1. The lowest BCUT2D eigenvalue weighted by atomic mass is 10.3. The molecule has 0 atom stereocenters. The third-order valence-electron chi connectivity index (χ3n) is 2.82. The molecule has 2 heterocycles. The quantitative estimate of drug-likeness (QED) is 0.678. The zero-order valence-corrected chi connectivity index (χ0v) is 11.6. The highest BCUT2D eigenvalue weighted by molar-refractivity contribution is 7.80. The summed E-state index contributed by atoms with van der Waals surface area (Å²) in [5.41, 5.74) is 1.47. The molecular formula is C13H10N4S2. The van der Waals surface area contributed by atoms with Crippen molar-refractivity contribution < 1.29 is 0 Å². The standard InChI is InChI=1S/C13H10N4S2/c14-7-9(8-17-6-5-15-13(17)18)12-16-10-3-1-2-4-11(10)19-12/h1-4,8H,5-6H2,(H,15,18). The van der Waals surface area contributed by atoms with Crippen LogP contribution in [0.1, 0.15) is 5.01 Å². The van der Waals surface area contributed by atoms with Gasteiger partial charge in [-0.3, -0.25) is 0 Å². The van der Waals surface area contributed by atoms with Crippen LogP contribution in [0.4, 0.5) is 0 Å². The normalized spacial score (nSPS) is 15.6. The maximum absolute atomic E-state index is 9.31. The molecule has 1 fully saturated rings. The van der Waals surface area contributed by atoms with Crippen LogP contribution in [0.2, 0.25) is 0 Å². The Balaban J connectivity index is 2.00. The van der Waals surface area contributed by atoms with Gasteiger partial charge in [0.1, 0.15) is 16.6 Å². The molecule has 1 aromatic heterocycles. The number of hydrogen-bond acceptors (Lipinski definition) is 4. The van der Waals surface area contributed by atoms with Crippen molar-refractivity contribution in [3.8, 4) is 6.07 Å². The first kappa shape index (κ1) is 12.1. The number of aromatic nitrogens is 1. The molecule has 94 valence electrons. The van der Waals surface area contributed by atoms with Gasteiger partial charge in [0.2, 0.25) is 0 Å². The lowest BCUT2D eigenvalue weighted by Gasteiger charge is -2.10. The Morgan fingerprint density at radius 2 is 2.37 bits per heavy atom. The van der Waals surface area contributed by atoms with E-state index in [-0.39, 0.29) is 0 Å². The van der Waals surface area contributed by atoms with Crippen molar-refractivity contribution in [2.45, 2.75) is 0 Å². The van der Waals surface area contributed by atoms with Crippen LogP contribution in [0.5, 0.6) is 0 Å². The van der Waals surface area contributed by atoms with Crippen molar-refractivity contribution in [2.75, 3.05) is 13.1 Å². The van der Waals surface area contributed by atoms with Gasteiger partial charge in [-0.05, 0) is 24.4 Å². The third-order valence-corrected chi connectivity index (χ3v) is 4.27. The Bertz CT molecular complexity index is 678. The Kier molecular flexibility index (Phi) is 3.15. The first-order chi connectivity index (χ1) is 9.28. The van der Waals surface area contributed by atoms with E-state index in [0.717, 1.165) is 28.3 Å². The Morgan fingerprint density at radius 1 is 1.53 bits per heavy atom. The number of nitrogens with zero attached hydrogens (tertiary/aromatic N) is 3. The zero-order valence-electron chi connectivity index (χ0n) is 9.96. The molecule has 1 saturated heterocycles. The van der Waals surface area contributed by atoms with Gasteiger partial charge in [-0.2, -0.15) is 5.26 Å². The van der Waals surface area contributed by atoms with Crippen molar-refractivity contribution in [3.05, 3.63) is 35.5 Å². The van der Waals surface area contributed by atoms with E-state index in [1.54, 1.807) is 6.20 Å². The van der Waals surface area contributed by atoms with Crippen molar-refractivity contribution in [3.63, 3.8) is 0 Å². The summed E-state index contributed by atoms with van der Waals surface area (Å²) in [5, 5.41) is 13.8. The van der Waals surface area contributed by atoms with E-state index in [9.17, 15) is 5.26 Å². The number of thiazole rings is 1. The van der Waals surface area contributed by atoms with Gasteiger partial charge >= 0.3 is 0 Å². The Labute approximate surface area is 120 Å². The molecular weight excluding hydrogens is 276 g/mol. The number of benzene rings is 1. The van der Waals surface area contributed by atoms with Gasteiger partial charge in [-0.15, -0.1) is 11.3 Å². The number of rotatable bonds is 2. The lowest BCUT2D eigenvalue weighted by Crippen LogP contribution is -2.22. The molecule has 4 nitrogen and oxygen atoms in total. The highest BCUT2D eigenvalue weighted by atomic mass is 32.1. The lowest BCUT2D eigenvalue weighted by molar-refractivity contribution is 0.630. The van der Waals surface area contributed by atoms with Gasteiger partial charge in [0, 0.05) is 19.3 Å². The topological polar surface area (TPSA) is 52.0 Å². The number of thiocarbonyl (C=S) groups is 1. The molecule has 0 unspecified atom stereocenters. The maximum Gasteiger partial charge on any atom is 0.173 e. The molecule has 0 radical (unpaired) electrons. The summed E-state index contributed by atoms with van der Waals surface area (Å²) in [6.07, 6.45) is 1.78. The number of fused-ring (bicyclic) bond motifs is 1. The molecule has 0 amide bonds. The minimum atomic E-state index is 0.548. The van der Waals surface area contributed by atoms with Crippen molar-refractivity contribution in [1.82, 2.24) is 15.2 Å². The molecule has 0 aliphatic carbocycles. The van der Waals surface area contributed by atoms with Crippen LogP contribution in [0.3, 0.4) is 0 Å². The predicted molar refractivity (Wildman–Crippen MR) is 80.5 cm³/mol. The van der Waals surface area contributed by atoms with E-state index in [0.29, 0.717) is 10.7 Å². The molecule has 19 heavy (non-hydrogen) atoms.